The van der Waals surface area contributed by atoms with Gasteiger partial charge in [-0.25, -0.2) is 14.4 Å². The van der Waals surface area contributed by atoms with E-state index in [2.05, 4.69) is 11.9 Å². The highest BCUT2D eigenvalue weighted by Crippen LogP contribution is 2.12. The first-order valence-electron chi connectivity index (χ1n) is 7.72. The maximum Gasteiger partial charge on any atom is 0.347 e. The number of ether oxygens (including phenoxy) is 3. The number of rotatable bonds is 9. The van der Waals surface area contributed by atoms with Crippen molar-refractivity contribution >= 4 is 23.6 Å². The molecular weight excluding hydrogens is 326 g/mol. The third-order valence-corrected chi connectivity index (χ3v) is 2.83. The van der Waals surface area contributed by atoms with Gasteiger partial charge in [-0.1, -0.05) is 12.7 Å². The maximum atomic E-state index is 11.8. The minimum Gasteiger partial charge on any atom is -0.462 e. The molecule has 134 valence electrons. The molecule has 7 heteroatoms. The minimum atomic E-state index is -0.780. The first kappa shape index (κ1) is 20.0. The van der Waals surface area contributed by atoms with Crippen molar-refractivity contribution in [3.8, 4) is 0 Å². The number of anilines is 1. The molecule has 0 aliphatic heterocycles. The van der Waals surface area contributed by atoms with Gasteiger partial charge in [-0.3, -0.25) is 0 Å². The van der Waals surface area contributed by atoms with Gasteiger partial charge in [0.05, 0.1) is 18.8 Å². The summed E-state index contributed by atoms with van der Waals surface area (Å²) in [6, 6.07) is 6.32. The number of carbonyl (C=O) groups excluding carboxylic acids is 3. The van der Waals surface area contributed by atoms with Crippen molar-refractivity contribution in [2.24, 2.45) is 0 Å². The monoisotopic (exact) mass is 347 g/mol. The molecule has 0 unspecified atom stereocenters. The topological polar surface area (TPSA) is 90.9 Å². The van der Waals surface area contributed by atoms with Crippen molar-refractivity contribution in [3.63, 3.8) is 0 Å². The summed E-state index contributed by atoms with van der Waals surface area (Å²) < 4.78 is 14.6. The molecule has 0 aliphatic rings. The lowest BCUT2D eigenvalue weighted by Crippen LogP contribution is -2.19. The number of hydrogen-bond donors (Lipinski definition) is 1. The Labute approximate surface area is 146 Å². The Balaban J connectivity index is 2.84. The number of benzene rings is 1. The van der Waals surface area contributed by atoms with E-state index >= 15 is 0 Å². The molecule has 0 amide bonds. The average molecular weight is 347 g/mol. The zero-order valence-electron chi connectivity index (χ0n) is 14.2. The predicted molar refractivity (Wildman–Crippen MR) is 91.9 cm³/mol. The van der Waals surface area contributed by atoms with Crippen LogP contribution in [-0.4, -0.2) is 37.7 Å². The molecule has 25 heavy (non-hydrogen) atoms. The van der Waals surface area contributed by atoms with Gasteiger partial charge in [-0.2, -0.15) is 0 Å². The maximum absolute atomic E-state index is 11.8. The lowest BCUT2D eigenvalue weighted by atomic mass is 10.2. The smallest absolute Gasteiger partial charge is 0.347 e. The minimum absolute atomic E-state index is 0.129. The van der Waals surface area contributed by atoms with Gasteiger partial charge < -0.3 is 19.5 Å². The van der Waals surface area contributed by atoms with E-state index in [0.29, 0.717) is 11.3 Å². The normalized spacial score (nSPS) is 9.52. The van der Waals surface area contributed by atoms with Crippen LogP contribution in [0.4, 0.5) is 5.69 Å². The lowest BCUT2D eigenvalue weighted by molar-refractivity contribution is -0.146. The van der Waals surface area contributed by atoms with Crippen LogP contribution in [-0.2, 0) is 23.8 Å². The summed E-state index contributed by atoms with van der Waals surface area (Å²) in [6.45, 7) is 7.14. The van der Waals surface area contributed by atoms with Crippen LogP contribution < -0.4 is 5.32 Å². The van der Waals surface area contributed by atoms with E-state index in [9.17, 15) is 14.4 Å². The lowest BCUT2D eigenvalue weighted by Gasteiger charge is -2.08. The molecule has 1 aromatic carbocycles. The van der Waals surface area contributed by atoms with E-state index in [0.717, 1.165) is 0 Å². The summed E-state index contributed by atoms with van der Waals surface area (Å²) in [5.41, 5.74) is 0.678. The predicted octanol–water partition coefficient (Wildman–Crippen LogP) is 2.45. The molecule has 0 spiro atoms. The summed E-state index contributed by atoms with van der Waals surface area (Å²) in [5.74, 6) is -2.03. The van der Waals surface area contributed by atoms with E-state index in [1.165, 1.54) is 12.3 Å². The van der Waals surface area contributed by atoms with Gasteiger partial charge in [0.25, 0.3) is 0 Å². The molecule has 1 aromatic rings. The van der Waals surface area contributed by atoms with Gasteiger partial charge in [0.2, 0.25) is 0 Å². The van der Waals surface area contributed by atoms with Crippen molar-refractivity contribution < 1.29 is 28.6 Å². The second-order valence-electron chi connectivity index (χ2n) is 4.61. The second-order valence-corrected chi connectivity index (χ2v) is 4.61. The molecular formula is C18H21NO6. The van der Waals surface area contributed by atoms with Crippen molar-refractivity contribution in [2.75, 3.05) is 25.1 Å². The third-order valence-electron chi connectivity index (χ3n) is 2.83. The van der Waals surface area contributed by atoms with Crippen LogP contribution in [0.25, 0.3) is 0 Å². The van der Waals surface area contributed by atoms with E-state index in [1.807, 2.05) is 0 Å². The Kier molecular flexibility index (Phi) is 8.49. The van der Waals surface area contributed by atoms with Crippen molar-refractivity contribution in [1.82, 2.24) is 0 Å². The number of esters is 3. The summed E-state index contributed by atoms with van der Waals surface area (Å²) in [5, 5.41) is 2.80. The van der Waals surface area contributed by atoms with Crippen LogP contribution >= 0.6 is 0 Å². The molecule has 7 nitrogen and oxygen atoms in total. The Morgan fingerprint density at radius 2 is 1.56 bits per heavy atom. The molecule has 0 saturated carbocycles. The zero-order valence-corrected chi connectivity index (χ0v) is 14.2. The third kappa shape index (κ3) is 6.50. The van der Waals surface area contributed by atoms with Crippen LogP contribution in [0.5, 0.6) is 0 Å². The first-order chi connectivity index (χ1) is 12.0. The first-order valence-corrected chi connectivity index (χ1v) is 7.72. The molecule has 1 rings (SSSR count). The van der Waals surface area contributed by atoms with Gasteiger partial charge in [-0.05, 0) is 38.1 Å². The molecule has 0 atom stereocenters. The number of nitrogens with one attached hydrogen (secondary N) is 1. The van der Waals surface area contributed by atoms with Crippen LogP contribution in [0.15, 0.2) is 48.7 Å². The van der Waals surface area contributed by atoms with E-state index in [4.69, 9.17) is 14.2 Å². The molecule has 0 aromatic heterocycles. The van der Waals surface area contributed by atoms with Crippen molar-refractivity contribution in [2.45, 2.75) is 13.8 Å². The molecule has 0 bridgehead atoms. The van der Waals surface area contributed by atoms with E-state index < -0.39 is 17.9 Å². The van der Waals surface area contributed by atoms with E-state index in [1.54, 1.807) is 38.1 Å². The SMILES string of the molecule is C=CCOC(=O)c1ccc(NC=C(C(=O)OCC)C(=O)OCC)cc1. The molecule has 0 heterocycles. The van der Waals surface area contributed by atoms with Gasteiger partial charge in [0.1, 0.15) is 6.61 Å². The highest BCUT2D eigenvalue weighted by Gasteiger charge is 2.20. The van der Waals surface area contributed by atoms with Crippen LogP contribution in [0.1, 0.15) is 24.2 Å². The van der Waals surface area contributed by atoms with Gasteiger partial charge in [0, 0.05) is 11.9 Å². The van der Waals surface area contributed by atoms with Gasteiger partial charge >= 0.3 is 17.9 Å². The Morgan fingerprint density at radius 3 is 2.04 bits per heavy atom. The zero-order chi connectivity index (χ0) is 18.7. The fraction of sp³-hybridized carbons (Fsp3) is 0.278. The largest absolute Gasteiger partial charge is 0.462 e. The summed E-state index contributed by atoms with van der Waals surface area (Å²) >= 11 is 0. The van der Waals surface area contributed by atoms with Gasteiger partial charge in [-0.15, -0.1) is 0 Å². The van der Waals surface area contributed by atoms with Crippen LogP contribution in [0.3, 0.4) is 0 Å². The molecule has 0 fully saturated rings. The van der Waals surface area contributed by atoms with Crippen molar-refractivity contribution in [1.29, 1.82) is 0 Å². The number of hydrogen-bond acceptors (Lipinski definition) is 7. The number of carbonyl (C=O) groups is 3. The van der Waals surface area contributed by atoms with E-state index in [-0.39, 0.29) is 25.4 Å². The van der Waals surface area contributed by atoms with Crippen LogP contribution in [0.2, 0.25) is 0 Å². The highest BCUT2D eigenvalue weighted by molar-refractivity contribution is 6.14. The summed E-state index contributed by atoms with van der Waals surface area (Å²) in [4.78, 5) is 35.3. The summed E-state index contributed by atoms with van der Waals surface area (Å²) in [7, 11) is 0. The molecule has 1 N–H and O–H groups in total. The Morgan fingerprint density at radius 1 is 1.00 bits per heavy atom. The molecule has 0 aliphatic carbocycles. The van der Waals surface area contributed by atoms with Crippen LogP contribution in [0, 0.1) is 0 Å². The molecule has 0 radical (unpaired) electrons. The highest BCUT2D eigenvalue weighted by atomic mass is 16.6. The molecule has 0 saturated heterocycles. The fourth-order valence-electron chi connectivity index (χ4n) is 1.69. The standard InChI is InChI=1S/C18H21NO6/c1-4-11-25-16(20)13-7-9-14(10-8-13)19-12-15(17(21)23-5-2)18(22)24-6-3/h4,7-10,12,19H,1,5-6,11H2,2-3H3. The average Bonchev–Trinajstić information content (AvgIpc) is 2.61. The quantitative estimate of drug-likeness (QED) is 0.183. The summed E-state index contributed by atoms with van der Waals surface area (Å²) in [6.07, 6.45) is 2.69. The fourth-order valence-corrected chi connectivity index (χ4v) is 1.69. The second kappa shape index (κ2) is 10.6. The van der Waals surface area contributed by atoms with Gasteiger partial charge in [0.15, 0.2) is 5.57 Å². The Hall–Kier alpha value is -3.09. The van der Waals surface area contributed by atoms with Crippen molar-refractivity contribution in [3.05, 3.63) is 54.3 Å². The Bertz CT molecular complexity index is 628.